The fraction of sp³-hybridized carbons (Fsp3) is 0.867. The molecule has 0 bridgehead atoms. The van der Waals surface area contributed by atoms with Crippen molar-refractivity contribution in [2.24, 2.45) is 23.7 Å². The van der Waals surface area contributed by atoms with Crippen LogP contribution < -0.4 is 5.32 Å². The highest BCUT2D eigenvalue weighted by molar-refractivity contribution is 5.95. The smallest absolute Gasteiger partial charge is 0.245 e. The number of amides is 2. The molecule has 1 saturated heterocycles. The zero-order valence-electron chi connectivity index (χ0n) is 12.5. The third-order valence-corrected chi connectivity index (χ3v) is 4.47. The van der Waals surface area contributed by atoms with Crippen LogP contribution >= 0.6 is 0 Å². The second kappa shape index (κ2) is 5.51. The minimum atomic E-state index is -0.249. The molecule has 1 aliphatic carbocycles. The van der Waals surface area contributed by atoms with Crippen LogP contribution in [0.4, 0.5) is 0 Å². The van der Waals surface area contributed by atoms with E-state index in [1.54, 1.807) is 4.90 Å². The Balaban J connectivity index is 2.04. The number of carbonyl (C=O) groups excluding carboxylic acids is 2. The third-order valence-electron chi connectivity index (χ3n) is 4.47. The quantitative estimate of drug-likeness (QED) is 0.822. The fourth-order valence-electron chi connectivity index (χ4n) is 3.08. The number of piperazine rings is 1. The van der Waals surface area contributed by atoms with Crippen molar-refractivity contribution >= 4 is 11.8 Å². The Bertz CT molecular complexity index is 353. The van der Waals surface area contributed by atoms with E-state index in [-0.39, 0.29) is 24.4 Å². The molecule has 19 heavy (non-hydrogen) atoms. The van der Waals surface area contributed by atoms with Gasteiger partial charge in [-0.15, -0.1) is 0 Å². The molecule has 1 saturated carbocycles. The van der Waals surface area contributed by atoms with Crippen LogP contribution in [0.3, 0.4) is 0 Å². The molecule has 1 unspecified atom stereocenters. The van der Waals surface area contributed by atoms with Crippen molar-refractivity contribution in [1.29, 1.82) is 0 Å². The Morgan fingerprint density at radius 2 is 1.74 bits per heavy atom. The van der Waals surface area contributed by atoms with Crippen LogP contribution in [-0.4, -0.2) is 35.8 Å². The fourth-order valence-corrected chi connectivity index (χ4v) is 3.08. The number of nitrogens with zero attached hydrogens (tertiary/aromatic N) is 1. The van der Waals surface area contributed by atoms with Crippen LogP contribution in [0.1, 0.15) is 40.5 Å². The summed E-state index contributed by atoms with van der Waals surface area (Å²) in [7, 11) is 0. The van der Waals surface area contributed by atoms with Crippen molar-refractivity contribution in [2.45, 2.75) is 46.6 Å². The molecular weight excluding hydrogens is 240 g/mol. The van der Waals surface area contributed by atoms with Gasteiger partial charge in [0.2, 0.25) is 11.8 Å². The van der Waals surface area contributed by atoms with Crippen molar-refractivity contribution < 1.29 is 9.59 Å². The minimum Gasteiger partial charge on any atom is -0.342 e. The van der Waals surface area contributed by atoms with E-state index in [1.165, 1.54) is 0 Å². The minimum absolute atomic E-state index is 0.00256. The maximum Gasteiger partial charge on any atom is 0.245 e. The monoisotopic (exact) mass is 266 g/mol. The third kappa shape index (κ3) is 3.28. The van der Waals surface area contributed by atoms with Crippen LogP contribution in [0, 0.1) is 23.7 Å². The SMILES string of the molecule is CC(C)C(CN1CC(=O)NC(C2CC2)C1=O)C(C)C. The van der Waals surface area contributed by atoms with E-state index in [1.807, 2.05) is 0 Å². The second-order valence-corrected chi connectivity index (χ2v) is 6.75. The summed E-state index contributed by atoms with van der Waals surface area (Å²) in [5.41, 5.74) is 0. The number of rotatable bonds is 5. The summed E-state index contributed by atoms with van der Waals surface area (Å²) in [6.45, 7) is 9.72. The lowest BCUT2D eigenvalue weighted by Gasteiger charge is -2.37. The van der Waals surface area contributed by atoms with Crippen molar-refractivity contribution in [3.63, 3.8) is 0 Å². The van der Waals surface area contributed by atoms with E-state index in [0.717, 1.165) is 12.8 Å². The van der Waals surface area contributed by atoms with E-state index in [9.17, 15) is 9.59 Å². The van der Waals surface area contributed by atoms with Crippen LogP contribution in [0.15, 0.2) is 0 Å². The van der Waals surface area contributed by atoms with Crippen molar-refractivity contribution in [3.8, 4) is 0 Å². The number of hydrogen-bond acceptors (Lipinski definition) is 2. The standard InChI is InChI=1S/C15H26N2O2/c1-9(2)12(10(3)4)7-17-8-13(18)16-14(15(17)19)11-5-6-11/h9-12,14H,5-8H2,1-4H3,(H,16,18). The number of carbonyl (C=O) groups is 2. The lowest BCUT2D eigenvalue weighted by atomic mass is 9.85. The zero-order chi connectivity index (χ0) is 14.2. The Morgan fingerprint density at radius 3 is 2.21 bits per heavy atom. The molecule has 0 aromatic carbocycles. The van der Waals surface area contributed by atoms with Gasteiger partial charge in [0.05, 0.1) is 6.54 Å². The highest BCUT2D eigenvalue weighted by Gasteiger charge is 2.43. The number of hydrogen-bond donors (Lipinski definition) is 1. The first-order valence-corrected chi connectivity index (χ1v) is 7.48. The average Bonchev–Trinajstić information content (AvgIpc) is 3.12. The Hall–Kier alpha value is -1.06. The van der Waals surface area contributed by atoms with E-state index < -0.39 is 0 Å². The summed E-state index contributed by atoms with van der Waals surface area (Å²) in [6.07, 6.45) is 2.14. The molecule has 0 radical (unpaired) electrons. The molecule has 2 aliphatic rings. The van der Waals surface area contributed by atoms with Gasteiger partial charge in [0.15, 0.2) is 0 Å². The zero-order valence-corrected chi connectivity index (χ0v) is 12.5. The van der Waals surface area contributed by atoms with Gasteiger partial charge in [-0.1, -0.05) is 27.7 Å². The average molecular weight is 266 g/mol. The molecule has 0 aromatic rings. The summed E-state index contributed by atoms with van der Waals surface area (Å²) >= 11 is 0. The molecular formula is C15H26N2O2. The van der Waals surface area contributed by atoms with Gasteiger partial charge >= 0.3 is 0 Å². The lowest BCUT2D eigenvalue weighted by molar-refractivity contribution is -0.146. The normalized spacial score (nSPS) is 24.6. The maximum absolute atomic E-state index is 12.4. The van der Waals surface area contributed by atoms with Crippen LogP contribution in [0.2, 0.25) is 0 Å². The van der Waals surface area contributed by atoms with Gasteiger partial charge in [0.25, 0.3) is 0 Å². The molecule has 0 aromatic heterocycles. The van der Waals surface area contributed by atoms with E-state index in [2.05, 4.69) is 33.0 Å². The predicted molar refractivity (Wildman–Crippen MR) is 74.4 cm³/mol. The predicted octanol–water partition coefficient (Wildman–Crippen LogP) is 1.65. The molecule has 4 nitrogen and oxygen atoms in total. The summed E-state index contributed by atoms with van der Waals surface area (Å²) < 4.78 is 0. The lowest BCUT2D eigenvalue weighted by Crippen LogP contribution is -2.60. The van der Waals surface area contributed by atoms with Gasteiger partial charge in [0, 0.05) is 6.54 Å². The van der Waals surface area contributed by atoms with E-state index >= 15 is 0 Å². The summed E-state index contributed by atoms with van der Waals surface area (Å²) in [5.74, 6) is 2.02. The van der Waals surface area contributed by atoms with E-state index in [4.69, 9.17) is 0 Å². The Morgan fingerprint density at radius 1 is 1.16 bits per heavy atom. The van der Waals surface area contributed by atoms with Crippen molar-refractivity contribution in [1.82, 2.24) is 10.2 Å². The first-order chi connectivity index (χ1) is 8.90. The summed E-state index contributed by atoms with van der Waals surface area (Å²) in [5, 5.41) is 2.86. The Kier molecular flexibility index (Phi) is 4.16. The molecule has 2 amide bonds. The van der Waals surface area contributed by atoms with Gasteiger partial charge in [-0.05, 0) is 36.5 Å². The first kappa shape index (κ1) is 14.4. The summed E-state index contributed by atoms with van der Waals surface area (Å²) in [6, 6.07) is -0.249. The molecule has 1 heterocycles. The second-order valence-electron chi connectivity index (χ2n) is 6.75. The molecule has 1 aliphatic heterocycles. The highest BCUT2D eigenvalue weighted by Crippen LogP contribution is 2.34. The molecule has 1 atom stereocenters. The molecule has 0 spiro atoms. The topological polar surface area (TPSA) is 49.4 Å². The van der Waals surface area contributed by atoms with Crippen molar-refractivity contribution in [2.75, 3.05) is 13.1 Å². The van der Waals surface area contributed by atoms with Crippen molar-refractivity contribution in [3.05, 3.63) is 0 Å². The van der Waals surface area contributed by atoms with Crippen LogP contribution in [-0.2, 0) is 9.59 Å². The van der Waals surface area contributed by atoms with Gasteiger partial charge in [0.1, 0.15) is 6.04 Å². The molecule has 4 heteroatoms. The van der Waals surface area contributed by atoms with Gasteiger partial charge in [-0.25, -0.2) is 0 Å². The van der Waals surface area contributed by atoms with Gasteiger partial charge in [-0.2, -0.15) is 0 Å². The first-order valence-electron chi connectivity index (χ1n) is 7.48. The van der Waals surface area contributed by atoms with Crippen LogP contribution in [0.25, 0.3) is 0 Å². The molecule has 1 N–H and O–H groups in total. The molecule has 2 rings (SSSR count). The number of nitrogens with one attached hydrogen (secondary N) is 1. The Labute approximate surface area is 115 Å². The van der Waals surface area contributed by atoms with E-state index in [0.29, 0.717) is 30.2 Å². The van der Waals surface area contributed by atoms with Gasteiger partial charge < -0.3 is 10.2 Å². The molecule has 108 valence electrons. The van der Waals surface area contributed by atoms with Gasteiger partial charge in [-0.3, -0.25) is 9.59 Å². The highest BCUT2D eigenvalue weighted by atomic mass is 16.2. The molecule has 2 fully saturated rings. The maximum atomic E-state index is 12.4. The summed E-state index contributed by atoms with van der Waals surface area (Å²) in [4.78, 5) is 26.0. The largest absolute Gasteiger partial charge is 0.342 e. The van der Waals surface area contributed by atoms with Crippen LogP contribution in [0.5, 0.6) is 0 Å².